The first-order valence-electron chi connectivity index (χ1n) is 7.99. The van der Waals surface area contributed by atoms with E-state index in [1.165, 1.54) is 18.4 Å². The lowest BCUT2D eigenvalue weighted by atomic mass is 9.85. The van der Waals surface area contributed by atoms with Crippen molar-refractivity contribution in [1.29, 1.82) is 0 Å². The molecule has 130 valence electrons. The Morgan fingerprint density at radius 1 is 1.48 bits per heavy atom. The summed E-state index contributed by atoms with van der Waals surface area (Å²) in [7, 11) is 2.18. The second kappa shape index (κ2) is 9.69. The molecule has 1 saturated heterocycles. The molecule has 0 saturated carbocycles. The highest BCUT2D eigenvalue weighted by atomic mass is 127. The lowest BCUT2D eigenvalue weighted by Crippen LogP contribution is -2.40. The lowest BCUT2D eigenvalue weighted by Gasteiger charge is -2.39. The van der Waals surface area contributed by atoms with E-state index >= 15 is 0 Å². The van der Waals surface area contributed by atoms with Crippen molar-refractivity contribution in [3.63, 3.8) is 0 Å². The zero-order valence-electron chi connectivity index (χ0n) is 14.1. The first kappa shape index (κ1) is 20.5. The summed E-state index contributed by atoms with van der Waals surface area (Å²) in [4.78, 5) is 6.95. The van der Waals surface area contributed by atoms with Crippen molar-refractivity contribution >= 4 is 41.5 Å². The van der Waals surface area contributed by atoms with Crippen LogP contribution in [-0.4, -0.2) is 37.0 Å². The number of piperidine rings is 1. The molecule has 1 aliphatic rings. The molecule has 23 heavy (non-hydrogen) atoms. The van der Waals surface area contributed by atoms with Crippen LogP contribution in [0.1, 0.15) is 38.3 Å². The average molecular weight is 451 g/mol. The molecule has 0 aliphatic carbocycles. The molecule has 1 heterocycles. The van der Waals surface area contributed by atoms with E-state index < -0.39 is 0 Å². The van der Waals surface area contributed by atoms with Gasteiger partial charge >= 0.3 is 0 Å². The summed E-state index contributed by atoms with van der Waals surface area (Å²) in [5, 5.41) is 3.94. The number of nitrogens with one attached hydrogen (secondary N) is 1. The molecule has 2 unspecified atom stereocenters. The van der Waals surface area contributed by atoms with Crippen LogP contribution in [0.2, 0.25) is 5.02 Å². The van der Waals surface area contributed by atoms with E-state index in [1.807, 2.05) is 12.1 Å². The summed E-state index contributed by atoms with van der Waals surface area (Å²) < 4.78 is 0. The predicted octanol–water partition coefficient (Wildman–Crippen LogP) is 3.65. The third-order valence-electron chi connectivity index (χ3n) is 4.13. The summed E-state index contributed by atoms with van der Waals surface area (Å²) in [6.45, 7) is 5.97. The molecule has 1 aromatic rings. The zero-order chi connectivity index (χ0) is 16.1. The van der Waals surface area contributed by atoms with Crippen molar-refractivity contribution in [3.8, 4) is 0 Å². The number of aliphatic imine (C=N–C) groups is 1. The summed E-state index contributed by atoms with van der Waals surface area (Å²) in [5.74, 6) is 0.998. The Balaban J connectivity index is 0.00000264. The molecule has 1 fully saturated rings. The highest BCUT2D eigenvalue weighted by molar-refractivity contribution is 14.0. The number of likely N-dealkylation sites (tertiary alicyclic amines) is 1. The monoisotopic (exact) mass is 450 g/mol. The summed E-state index contributed by atoms with van der Waals surface area (Å²) in [6, 6.07) is 8.83. The van der Waals surface area contributed by atoms with Crippen molar-refractivity contribution in [2.75, 3.05) is 20.1 Å². The van der Waals surface area contributed by atoms with Crippen LogP contribution in [0, 0.1) is 5.92 Å². The van der Waals surface area contributed by atoms with Crippen LogP contribution in [0.5, 0.6) is 0 Å². The predicted molar refractivity (Wildman–Crippen MR) is 110 cm³/mol. The molecule has 3 N–H and O–H groups in total. The van der Waals surface area contributed by atoms with Crippen LogP contribution < -0.4 is 11.1 Å². The van der Waals surface area contributed by atoms with Gasteiger partial charge in [0.1, 0.15) is 0 Å². The van der Waals surface area contributed by atoms with E-state index in [0.717, 1.165) is 18.1 Å². The Bertz CT molecular complexity index is 521. The molecule has 0 spiro atoms. The maximum atomic E-state index is 6.17. The number of benzene rings is 1. The minimum atomic E-state index is 0. The third kappa shape index (κ3) is 6.12. The Morgan fingerprint density at radius 3 is 2.87 bits per heavy atom. The van der Waals surface area contributed by atoms with Crippen LogP contribution in [0.15, 0.2) is 29.3 Å². The Kier molecular flexibility index (Phi) is 8.64. The highest BCUT2D eigenvalue weighted by Gasteiger charge is 2.30. The van der Waals surface area contributed by atoms with E-state index in [4.69, 9.17) is 17.3 Å². The van der Waals surface area contributed by atoms with Crippen LogP contribution in [0.25, 0.3) is 0 Å². The molecular weight excluding hydrogens is 423 g/mol. The van der Waals surface area contributed by atoms with Crippen molar-refractivity contribution in [2.45, 2.75) is 38.8 Å². The standard InChI is InChI=1S/C17H27ClN4.HI/c1-12(2)21-17(19)20-11-14-7-5-9-22(3)16(14)13-6-4-8-15(18)10-13;/h4,6,8,10,12,14,16H,5,7,9,11H2,1-3H3,(H3,19,20,21);1H. The van der Waals surface area contributed by atoms with Crippen LogP contribution in [0.3, 0.4) is 0 Å². The molecule has 0 amide bonds. The van der Waals surface area contributed by atoms with E-state index in [-0.39, 0.29) is 24.0 Å². The topological polar surface area (TPSA) is 53.6 Å². The molecule has 4 nitrogen and oxygen atoms in total. The second-order valence-electron chi connectivity index (χ2n) is 6.41. The van der Waals surface area contributed by atoms with Gasteiger partial charge in [-0.05, 0) is 63.9 Å². The van der Waals surface area contributed by atoms with E-state index in [1.54, 1.807) is 0 Å². The smallest absolute Gasteiger partial charge is 0.188 e. The van der Waals surface area contributed by atoms with Gasteiger partial charge < -0.3 is 11.1 Å². The second-order valence-corrected chi connectivity index (χ2v) is 6.84. The maximum Gasteiger partial charge on any atom is 0.188 e. The van der Waals surface area contributed by atoms with Gasteiger partial charge in [0.25, 0.3) is 0 Å². The van der Waals surface area contributed by atoms with Gasteiger partial charge in [-0.15, -0.1) is 24.0 Å². The van der Waals surface area contributed by atoms with E-state index in [9.17, 15) is 0 Å². The molecule has 1 aromatic carbocycles. The summed E-state index contributed by atoms with van der Waals surface area (Å²) in [5.41, 5.74) is 7.21. The molecule has 0 aromatic heterocycles. The number of nitrogens with zero attached hydrogens (tertiary/aromatic N) is 2. The van der Waals surface area contributed by atoms with Gasteiger partial charge in [-0.2, -0.15) is 0 Å². The van der Waals surface area contributed by atoms with Crippen LogP contribution >= 0.6 is 35.6 Å². The molecule has 1 aliphatic heterocycles. The molecular formula is C17H28ClIN4. The van der Waals surface area contributed by atoms with Crippen LogP contribution in [0.4, 0.5) is 0 Å². The largest absolute Gasteiger partial charge is 0.370 e. The minimum absolute atomic E-state index is 0. The summed E-state index contributed by atoms with van der Waals surface area (Å²) in [6.07, 6.45) is 2.37. The fourth-order valence-corrected chi connectivity index (χ4v) is 3.42. The first-order valence-corrected chi connectivity index (χ1v) is 8.37. The number of rotatable bonds is 4. The van der Waals surface area contributed by atoms with Gasteiger partial charge in [0.05, 0.1) is 0 Å². The quantitative estimate of drug-likeness (QED) is 0.418. The summed E-state index contributed by atoms with van der Waals surface area (Å²) >= 11 is 6.17. The van der Waals surface area contributed by atoms with Gasteiger partial charge in [-0.3, -0.25) is 9.89 Å². The fourth-order valence-electron chi connectivity index (χ4n) is 3.23. The number of guanidine groups is 1. The third-order valence-corrected chi connectivity index (χ3v) is 4.37. The van der Waals surface area contributed by atoms with Gasteiger partial charge in [-0.1, -0.05) is 23.7 Å². The molecule has 6 heteroatoms. The zero-order valence-corrected chi connectivity index (χ0v) is 17.2. The van der Waals surface area contributed by atoms with Gasteiger partial charge in [0.2, 0.25) is 0 Å². The van der Waals surface area contributed by atoms with Gasteiger partial charge in [-0.25, -0.2) is 0 Å². The van der Waals surface area contributed by atoms with Crippen LogP contribution in [-0.2, 0) is 0 Å². The Hall–Kier alpha value is -0.530. The molecule has 2 atom stereocenters. The van der Waals surface area contributed by atoms with Crippen molar-refractivity contribution < 1.29 is 0 Å². The van der Waals surface area contributed by atoms with Gasteiger partial charge in [0.15, 0.2) is 5.96 Å². The van der Waals surface area contributed by atoms with E-state index in [2.05, 4.69) is 48.2 Å². The normalized spacial score (nSPS) is 22.7. The van der Waals surface area contributed by atoms with Gasteiger partial charge in [0, 0.05) is 23.7 Å². The average Bonchev–Trinajstić information content (AvgIpc) is 2.44. The molecule has 0 bridgehead atoms. The Labute approximate surface area is 161 Å². The molecule has 2 rings (SSSR count). The maximum absolute atomic E-state index is 6.17. The SMILES string of the molecule is CC(C)NC(N)=NCC1CCCN(C)C1c1cccc(Cl)c1.I. The number of hydrogen-bond acceptors (Lipinski definition) is 2. The lowest BCUT2D eigenvalue weighted by molar-refractivity contribution is 0.125. The Morgan fingerprint density at radius 2 is 2.22 bits per heavy atom. The highest BCUT2D eigenvalue weighted by Crippen LogP contribution is 2.36. The van der Waals surface area contributed by atoms with Crippen molar-refractivity contribution in [3.05, 3.63) is 34.9 Å². The number of hydrogen-bond donors (Lipinski definition) is 2. The van der Waals surface area contributed by atoms with Crippen molar-refractivity contribution in [2.24, 2.45) is 16.6 Å². The fraction of sp³-hybridized carbons (Fsp3) is 0.588. The minimum Gasteiger partial charge on any atom is -0.370 e. The molecule has 0 radical (unpaired) electrons. The number of nitrogens with two attached hydrogens (primary N) is 1. The van der Waals surface area contributed by atoms with Crippen molar-refractivity contribution in [1.82, 2.24) is 10.2 Å². The number of halogens is 2. The van der Waals surface area contributed by atoms with E-state index in [0.29, 0.717) is 24.0 Å². The first-order chi connectivity index (χ1) is 10.5.